The van der Waals surface area contributed by atoms with Crippen molar-refractivity contribution in [3.8, 4) is 0 Å². The minimum Gasteiger partial charge on any atom is -0.369 e. The Hall–Kier alpha value is -0.610. The Morgan fingerprint density at radius 3 is 2.69 bits per heavy atom. The van der Waals surface area contributed by atoms with E-state index < -0.39 is 0 Å². The van der Waals surface area contributed by atoms with Gasteiger partial charge in [-0.1, -0.05) is 20.8 Å². The summed E-state index contributed by atoms with van der Waals surface area (Å²) in [4.78, 5) is 13.2. The minimum atomic E-state index is -0.223. The predicted molar refractivity (Wildman–Crippen MR) is 66.0 cm³/mol. The lowest BCUT2D eigenvalue weighted by molar-refractivity contribution is -0.119. The first-order chi connectivity index (χ1) is 7.52. The molecule has 0 aromatic carbocycles. The van der Waals surface area contributed by atoms with Crippen molar-refractivity contribution < 1.29 is 4.79 Å². The Labute approximate surface area is 98.6 Å². The highest BCUT2D eigenvalue weighted by molar-refractivity contribution is 5.75. The number of amides is 1. The Morgan fingerprint density at radius 1 is 1.50 bits per heavy atom. The van der Waals surface area contributed by atoms with Crippen LogP contribution >= 0.6 is 0 Å². The molecule has 1 aliphatic rings. The number of likely N-dealkylation sites (N-methyl/N-ethyl adjacent to an activating group) is 1. The van der Waals surface area contributed by atoms with E-state index in [2.05, 4.69) is 31.0 Å². The summed E-state index contributed by atoms with van der Waals surface area (Å²) in [7, 11) is 0. The number of piperidine rings is 1. The molecule has 0 radical (unpaired) electrons. The van der Waals surface area contributed by atoms with Crippen LogP contribution < -0.4 is 11.1 Å². The second-order valence-corrected chi connectivity index (χ2v) is 5.15. The van der Waals surface area contributed by atoms with E-state index in [1.807, 2.05) is 0 Å². The van der Waals surface area contributed by atoms with E-state index >= 15 is 0 Å². The summed E-state index contributed by atoms with van der Waals surface area (Å²) in [5.41, 5.74) is 5.26. The van der Waals surface area contributed by atoms with E-state index in [-0.39, 0.29) is 5.91 Å². The molecule has 0 spiro atoms. The van der Waals surface area contributed by atoms with Gasteiger partial charge >= 0.3 is 0 Å². The van der Waals surface area contributed by atoms with Gasteiger partial charge in [-0.05, 0) is 24.8 Å². The maximum Gasteiger partial charge on any atom is 0.231 e. The van der Waals surface area contributed by atoms with Gasteiger partial charge in [-0.2, -0.15) is 0 Å². The highest BCUT2D eigenvalue weighted by Crippen LogP contribution is 2.23. The molecule has 16 heavy (non-hydrogen) atoms. The van der Waals surface area contributed by atoms with Gasteiger partial charge in [-0.3, -0.25) is 9.69 Å². The van der Waals surface area contributed by atoms with Crippen molar-refractivity contribution in [1.82, 2.24) is 10.2 Å². The normalized spacial score (nSPS) is 27.2. The van der Waals surface area contributed by atoms with Gasteiger partial charge in [-0.25, -0.2) is 0 Å². The lowest BCUT2D eigenvalue weighted by atomic mass is 9.85. The minimum absolute atomic E-state index is 0.223. The first kappa shape index (κ1) is 13.5. The van der Waals surface area contributed by atoms with E-state index in [1.165, 1.54) is 6.42 Å². The lowest BCUT2D eigenvalue weighted by Gasteiger charge is -2.39. The van der Waals surface area contributed by atoms with Gasteiger partial charge < -0.3 is 11.1 Å². The van der Waals surface area contributed by atoms with E-state index in [0.29, 0.717) is 24.4 Å². The maximum atomic E-state index is 11.0. The van der Waals surface area contributed by atoms with Crippen LogP contribution in [0.1, 0.15) is 27.2 Å². The van der Waals surface area contributed by atoms with Crippen LogP contribution in [0.2, 0.25) is 0 Å². The van der Waals surface area contributed by atoms with E-state index in [4.69, 9.17) is 5.73 Å². The molecule has 94 valence electrons. The Bertz CT molecular complexity index is 230. The zero-order valence-corrected chi connectivity index (χ0v) is 10.7. The standard InChI is InChI=1S/C12H25N3O/c1-4-14-11-5-10(9(2)3)6-15(7-11)8-12(13)16/h9-11,14H,4-8H2,1-3H3,(H2,13,16). The van der Waals surface area contributed by atoms with Crippen molar-refractivity contribution in [1.29, 1.82) is 0 Å². The van der Waals surface area contributed by atoms with Crippen LogP contribution in [0.25, 0.3) is 0 Å². The molecule has 0 saturated carbocycles. The van der Waals surface area contributed by atoms with Crippen molar-refractivity contribution in [2.45, 2.75) is 33.2 Å². The molecule has 0 aromatic rings. The number of hydrogen-bond donors (Lipinski definition) is 2. The largest absolute Gasteiger partial charge is 0.369 e. The SMILES string of the molecule is CCNC1CC(C(C)C)CN(CC(N)=O)C1. The molecular weight excluding hydrogens is 202 g/mol. The second kappa shape index (κ2) is 6.21. The lowest BCUT2D eigenvalue weighted by Crippen LogP contribution is -2.52. The summed E-state index contributed by atoms with van der Waals surface area (Å²) in [6.45, 7) is 9.95. The quantitative estimate of drug-likeness (QED) is 0.716. The van der Waals surface area contributed by atoms with E-state index in [0.717, 1.165) is 19.6 Å². The van der Waals surface area contributed by atoms with Gasteiger partial charge in [0.1, 0.15) is 0 Å². The number of primary amides is 1. The number of nitrogens with zero attached hydrogens (tertiary/aromatic N) is 1. The molecule has 1 heterocycles. The van der Waals surface area contributed by atoms with Crippen LogP contribution in [0.3, 0.4) is 0 Å². The van der Waals surface area contributed by atoms with Crippen LogP contribution in [0, 0.1) is 11.8 Å². The number of carbonyl (C=O) groups is 1. The number of likely N-dealkylation sites (tertiary alicyclic amines) is 1. The van der Waals surface area contributed by atoms with Gasteiger partial charge in [0.2, 0.25) is 5.91 Å². The summed E-state index contributed by atoms with van der Waals surface area (Å²) in [6, 6.07) is 0.505. The molecular formula is C12H25N3O. The summed E-state index contributed by atoms with van der Waals surface area (Å²) in [5.74, 6) is 1.11. The summed E-state index contributed by atoms with van der Waals surface area (Å²) in [6.07, 6.45) is 1.21. The van der Waals surface area contributed by atoms with Crippen LogP contribution in [-0.4, -0.2) is 43.0 Å². The third-order valence-corrected chi connectivity index (χ3v) is 3.37. The third kappa shape index (κ3) is 4.10. The van der Waals surface area contributed by atoms with Crippen LogP contribution in [0.15, 0.2) is 0 Å². The summed E-state index contributed by atoms with van der Waals surface area (Å²) in [5, 5.41) is 3.48. The molecule has 1 fully saturated rings. The van der Waals surface area contributed by atoms with Gasteiger partial charge in [0.25, 0.3) is 0 Å². The molecule has 0 bridgehead atoms. The fourth-order valence-electron chi connectivity index (χ4n) is 2.50. The Morgan fingerprint density at radius 2 is 2.19 bits per heavy atom. The van der Waals surface area contributed by atoms with Crippen molar-refractivity contribution in [3.05, 3.63) is 0 Å². The highest BCUT2D eigenvalue weighted by atomic mass is 16.1. The Kier molecular flexibility index (Phi) is 5.22. The molecule has 1 rings (SSSR count). The average molecular weight is 227 g/mol. The molecule has 2 unspecified atom stereocenters. The predicted octanol–water partition coefficient (Wildman–Crippen LogP) is 0.428. The van der Waals surface area contributed by atoms with Crippen molar-refractivity contribution >= 4 is 5.91 Å². The molecule has 4 heteroatoms. The maximum absolute atomic E-state index is 11.0. The molecule has 1 aliphatic heterocycles. The van der Waals surface area contributed by atoms with Gasteiger partial charge in [-0.15, -0.1) is 0 Å². The molecule has 3 N–H and O–H groups in total. The zero-order chi connectivity index (χ0) is 12.1. The topological polar surface area (TPSA) is 58.4 Å². The smallest absolute Gasteiger partial charge is 0.231 e. The fraction of sp³-hybridized carbons (Fsp3) is 0.917. The molecule has 1 amide bonds. The van der Waals surface area contributed by atoms with Crippen LogP contribution in [0.4, 0.5) is 0 Å². The summed E-state index contributed by atoms with van der Waals surface area (Å²) >= 11 is 0. The van der Waals surface area contributed by atoms with Crippen molar-refractivity contribution in [2.75, 3.05) is 26.2 Å². The Balaban J connectivity index is 2.55. The van der Waals surface area contributed by atoms with E-state index in [1.54, 1.807) is 0 Å². The van der Waals surface area contributed by atoms with Crippen molar-refractivity contribution in [3.63, 3.8) is 0 Å². The molecule has 0 aliphatic carbocycles. The number of hydrogen-bond acceptors (Lipinski definition) is 3. The van der Waals surface area contributed by atoms with Gasteiger partial charge in [0.15, 0.2) is 0 Å². The third-order valence-electron chi connectivity index (χ3n) is 3.37. The molecule has 2 atom stereocenters. The molecule has 4 nitrogen and oxygen atoms in total. The summed E-state index contributed by atoms with van der Waals surface area (Å²) < 4.78 is 0. The fourth-order valence-corrected chi connectivity index (χ4v) is 2.50. The number of carbonyl (C=O) groups excluding carboxylic acids is 1. The monoisotopic (exact) mass is 227 g/mol. The average Bonchev–Trinajstić information content (AvgIpc) is 2.16. The second-order valence-electron chi connectivity index (χ2n) is 5.15. The zero-order valence-electron chi connectivity index (χ0n) is 10.7. The van der Waals surface area contributed by atoms with Crippen LogP contribution in [-0.2, 0) is 4.79 Å². The van der Waals surface area contributed by atoms with E-state index in [9.17, 15) is 4.79 Å². The molecule has 1 saturated heterocycles. The first-order valence-corrected chi connectivity index (χ1v) is 6.27. The number of rotatable bonds is 5. The highest BCUT2D eigenvalue weighted by Gasteiger charge is 2.28. The number of nitrogens with two attached hydrogens (primary N) is 1. The van der Waals surface area contributed by atoms with Gasteiger partial charge in [0, 0.05) is 19.1 Å². The van der Waals surface area contributed by atoms with Crippen molar-refractivity contribution in [2.24, 2.45) is 17.6 Å². The first-order valence-electron chi connectivity index (χ1n) is 6.27. The van der Waals surface area contributed by atoms with Gasteiger partial charge in [0.05, 0.1) is 6.54 Å². The number of nitrogens with one attached hydrogen (secondary N) is 1. The molecule has 0 aromatic heterocycles. The van der Waals surface area contributed by atoms with Crippen LogP contribution in [0.5, 0.6) is 0 Å².